The van der Waals surface area contributed by atoms with Gasteiger partial charge in [0.25, 0.3) is 0 Å². The second-order valence-electron chi connectivity index (χ2n) is 4.47. The predicted molar refractivity (Wildman–Crippen MR) is 58.7 cm³/mol. The smallest absolute Gasteiger partial charge is 0.00988 e. The van der Waals surface area contributed by atoms with Crippen LogP contribution in [0.4, 0.5) is 0 Å². The highest BCUT2D eigenvalue weighted by atomic mass is 32.2. The minimum Gasteiger partial charge on any atom is -0.155 e. The molecule has 1 saturated heterocycles. The molecule has 0 aromatic rings. The molecule has 0 radical (unpaired) electrons. The van der Waals surface area contributed by atoms with Crippen molar-refractivity contribution in [1.29, 1.82) is 0 Å². The maximum Gasteiger partial charge on any atom is 0.00988 e. The molecular formula is C11H22S. The molecule has 1 fully saturated rings. The lowest BCUT2D eigenvalue weighted by Gasteiger charge is -2.18. The molecule has 1 aliphatic heterocycles. The van der Waals surface area contributed by atoms with E-state index in [1.54, 1.807) is 0 Å². The highest BCUT2D eigenvalue weighted by Crippen LogP contribution is 2.43. The van der Waals surface area contributed by atoms with Gasteiger partial charge >= 0.3 is 0 Å². The van der Waals surface area contributed by atoms with Crippen LogP contribution in [0.5, 0.6) is 0 Å². The third-order valence-electron chi connectivity index (χ3n) is 2.81. The summed E-state index contributed by atoms with van der Waals surface area (Å²) in [6.45, 7) is 9.45. The van der Waals surface area contributed by atoms with Gasteiger partial charge in [0, 0.05) is 10.5 Å². The van der Waals surface area contributed by atoms with Gasteiger partial charge in [-0.25, -0.2) is 0 Å². The van der Waals surface area contributed by atoms with Gasteiger partial charge in [-0.3, -0.25) is 0 Å². The fourth-order valence-corrected chi connectivity index (χ4v) is 4.21. The van der Waals surface area contributed by atoms with Gasteiger partial charge in [-0.15, -0.1) is 0 Å². The van der Waals surface area contributed by atoms with Crippen molar-refractivity contribution in [2.75, 3.05) is 0 Å². The molecule has 1 heteroatoms. The summed E-state index contributed by atoms with van der Waals surface area (Å²) >= 11 is 2.25. The molecule has 0 spiro atoms. The van der Waals surface area contributed by atoms with Crippen LogP contribution in [0, 0.1) is 11.8 Å². The molecule has 3 atom stereocenters. The molecule has 0 aromatic heterocycles. The summed E-state index contributed by atoms with van der Waals surface area (Å²) in [5.74, 6) is 1.82. The fourth-order valence-electron chi connectivity index (χ4n) is 2.28. The van der Waals surface area contributed by atoms with Crippen LogP contribution in [0.1, 0.15) is 47.0 Å². The van der Waals surface area contributed by atoms with Gasteiger partial charge in [0.1, 0.15) is 0 Å². The standard InChI is InChI=1S/C11H22S/c1-5-6-10-7-9(4)11(12-10)8(2)3/h8-11H,5-7H2,1-4H3. The summed E-state index contributed by atoms with van der Waals surface area (Å²) < 4.78 is 0. The van der Waals surface area contributed by atoms with E-state index < -0.39 is 0 Å². The maximum absolute atomic E-state index is 2.42. The molecule has 0 nitrogen and oxygen atoms in total. The van der Waals surface area contributed by atoms with Crippen molar-refractivity contribution >= 4 is 11.8 Å². The zero-order valence-corrected chi connectivity index (χ0v) is 9.66. The Bertz CT molecular complexity index is 131. The average molecular weight is 186 g/mol. The van der Waals surface area contributed by atoms with Crippen LogP contribution >= 0.6 is 11.8 Å². The van der Waals surface area contributed by atoms with Crippen molar-refractivity contribution < 1.29 is 0 Å². The molecule has 3 unspecified atom stereocenters. The average Bonchev–Trinajstić information content (AvgIpc) is 2.32. The van der Waals surface area contributed by atoms with Gasteiger partial charge in [-0.05, 0) is 24.7 Å². The van der Waals surface area contributed by atoms with E-state index in [4.69, 9.17) is 0 Å². The number of hydrogen-bond donors (Lipinski definition) is 0. The topological polar surface area (TPSA) is 0 Å². The molecule has 12 heavy (non-hydrogen) atoms. The Morgan fingerprint density at radius 2 is 2.08 bits per heavy atom. The SMILES string of the molecule is CCCC1CC(C)C(C(C)C)S1. The van der Waals surface area contributed by atoms with Crippen LogP contribution < -0.4 is 0 Å². The summed E-state index contributed by atoms with van der Waals surface area (Å²) in [5, 5.41) is 1.90. The Hall–Kier alpha value is 0.350. The molecule has 0 saturated carbocycles. The quantitative estimate of drug-likeness (QED) is 0.643. The molecule has 0 N–H and O–H groups in total. The maximum atomic E-state index is 2.42. The lowest BCUT2D eigenvalue weighted by molar-refractivity contribution is 0.450. The first-order valence-electron chi connectivity index (χ1n) is 5.30. The van der Waals surface area contributed by atoms with Crippen LogP contribution in [0.3, 0.4) is 0 Å². The van der Waals surface area contributed by atoms with Crippen LogP contribution in [0.15, 0.2) is 0 Å². The van der Waals surface area contributed by atoms with E-state index in [2.05, 4.69) is 39.5 Å². The summed E-state index contributed by atoms with van der Waals surface area (Å²) in [7, 11) is 0. The van der Waals surface area contributed by atoms with Crippen molar-refractivity contribution in [3.63, 3.8) is 0 Å². The highest BCUT2D eigenvalue weighted by Gasteiger charge is 2.32. The van der Waals surface area contributed by atoms with Crippen molar-refractivity contribution in [2.45, 2.75) is 57.5 Å². The molecular weight excluding hydrogens is 164 g/mol. The number of rotatable bonds is 3. The van der Waals surface area contributed by atoms with Crippen molar-refractivity contribution in [2.24, 2.45) is 11.8 Å². The molecule has 1 aliphatic rings. The fraction of sp³-hybridized carbons (Fsp3) is 1.00. The van der Waals surface area contributed by atoms with E-state index in [-0.39, 0.29) is 0 Å². The summed E-state index contributed by atoms with van der Waals surface area (Å²) in [4.78, 5) is 0. The van der Waals surface area contributed by atoms with Gasteiger partial charge in [-0.2, -0.15) is 11.8 Å². The third-order valence-corrected chi connectivity index (χ3v) is 4.95. The molecule has 1 rings (SSSR count). The first-order chi connectivity index (χ1) is 5.65. The van der Waals surface area contributed by atoms with Crippen LogP contribution in [0.25, 0.3) is 0 Å². The largest absolute Gasteiger partial charge is 0.155 e. The van der Waals surface area contributed by atoms with E-state index in [0.717, 1.165) is 22.3 Å². The summed E-state index contributed by atoms with van der Waals surface area (Å²) in [6, 6.07) is 0. The predicted octanol–water partition coefficient (Wildman–Crippen LogP) is 3.95. The normalized spacial score (nSPS) is 36.2. The lowest BCUT2D eigenvalue weighted by atomic mass is 9.94. The highest BCUT2D eigenvalue weighted by molar-refractivity contribution is 8.00. The van der Waals surface area contributed by atoms with Gasteiger partial charge in [0.05, 0.1) is 0 Å². The molecule has 0 aromatic carbocycles. The Balaban J connectivity index is 2.39. The first-order valence-corrected chi connectivity index (χ1v) is 6.24. The molecule has 1 heterocycles. The monoisotopic (exact) mass is 186 g/mol. The summed E-state index contributed by atoms with van der Waals surface area (Å²) in [5.41, 5.74) is 0. The van der Waals surface area contributed by atoms with E-state index in [9.17, 15) is 0 Å². The zero-order valence-electron chi connectivity index (χ0n) is 8.84. The molecule has 72 valence electrons. The van der Waals surface area contributed by atoms with Gasteiger partial charge < -0.3 is 0 Å². The zero-order chi connectivity index (χ0) is 9.14. The van der Waals surface area contributed by atoms with E-state index >= 15 is 0 Å². The molecule has 0 bridgehead atoms. The number of thioether (sulfide) groups is 1. The Kier molecular flexibility index (Phi) is 3.95. The Labute approximate surface area is 81.5 Å². The van der Waals surface area contributed by atoms with E-state index in [1.807, 2.05) is 0 Å². The Morgan fingerprint density at radius 1 is 1.42 bits per heavy atom. The second kappa shape index (κ2) is 4.55. The minimum atomic E-state index is 0.867. The first kappa shape index (κ1) is 10.4. The minimum absolute atomic E-state index is 0.867. The van der Waals surface area contributed by atoms with Crippen LogP contribution in [-0.2, 0) is 0 Å². The van der Waals surface area contributed by atoms with Crippen LogP contribution in [-0.4, -0.2) is 10.5 Å². The lowest BCUT2D eigenvalue weighted by Crippen LogP contribution is -2.14. The molecule has 0 amide bonds. The van der Waals surface area contributed by atoms with Gasteiger partial charge in [-0.1, -0.05) is 34.1 Å². The Morgan fingerprint density at radius 3 is 2.50 bits per heavy atom. The van der Waals surface area contributed by atoms with Crippen LogP contribution in [0.2, 0.25) is 0 Å². The van der Waals surface area contributed by atoms with Gasteiger partial charge in [0.15, 0.2) is 0 Å². The van der Waals surface area contributed by atoms with Gasteiger partial charge in [0.2, 0.25) is 0 Å². The molecule has 0 aliphatic carbocycles. The number of hydrogen-bond acceptors (Lipinski definition) is 1. The van der Waals surface area contributed by atoms with E-state index in [1.165, 1.54) is 19.3 Å². The summed E-state index contributed by atoms with van der Waals surface area (Å²) in [6.07, 6.45) is 4.24. The van der Waals surface area contributed by atoms with Crippen molar-refractivity contribution in [3.05, 3.63) is 0 Å². The third kappa shape index (κ3) is 2.42. The van der Waals surface area contributed by atoms with Crippen molar-refractivity contribution in [1.82, 2.24) is 0 Å². The second-order valence-corrected chi connectivity index (χ2v) is 5.95. The van der Waals surface area contributed by atoms with Crippen molar-refractivity contribution in [3.8, 4) is 0 Å². The van der Waals surface area contributed by atoms with E-state index in [0.29, 0.717) is 0 Å².